The molecule has 0 radical (unpaired) electrons. The van der Waals surface area contributed by atoms with Crippen LogP contribution in [0.5, 0.6) is 11.5 Å². The highest BCUT2D eigenvalue weighted by molar-refractivity contribution is 14.0. The van der Waals surface area contributed by atoms with Crippen LogP contribution in [0.1, 0.15) is 16.7 Å². The molecular weight excluding hydrogens is 531 g/mol. The van der Waals surface area contributed by atoms with E-state index < -0.39 is 0 Å². The number of pyridine rings is 1. The molecule has 0 aliphatic carbocycles. The van der Waals surface area contributed by atoms with Gasteiger partial charge in [-0.3, -0.25) is 4.99 Å². The van der Waals surface area contributed by atoms with Crippen molar-refractivity contribution in [2.75, 3.05) is 65.9 Å². The molecule has 180 valence electrons. The van der Waals surface area contributed by atoms with Gasteiger partial charge in [0.05, 0.1) is 14.2 Å². The van der Waals surface area contributed by atoms with Crippen molar-refractivity contribution in [3.63, 3.8) is 0 Å². The predicted octanol–water partition coefficient (Wildman–Crippen LogP) is 2.60. The van der Waals surface area contributed by atoms with Crippen molar-refractivity contribution >= 4 is 35.8 Å². The molecule has 2 aliphatic rings. The topological polar surface area (TPSA) is 65.5 Å². The van der Waals surface area contributed by atoms with Gasteiger partial charge >= 0.3 is 0 Å². The van der Waals surface area contributed by atoms with Crippen LogP contribution in [-0.2, 0) is 19.5 Å². The highest BCUT2D eigenvalue weighted by Crippen LogP contribution is 2.33. The van der Waals surface area contributed by atoms with Gasteiger partial charge in [0.15, 0.2) is 17.5 Å². The molecule has 2 aliphatic heterocycles. The highest BCUT2D eigenvalue weighted by Gasteiger charge is 2.22. The quantitative estimate of drug-likeness (QED) is 0.339. The Morgan fingerprint density at radius 2 is 1.73 bits per heavy atom. The van der Waals surface area contributed by atoms with Crippen LogP contribution in [0, 0.1) is 0 Å². The Morgan fingerprint density at radius 1 is 1.03 bits per heavy atom. The molecule has 2 aromatic rings. The lowest BCUT2D eigenvalue weighted by Gasteiger charge is -2.33. The number of aromatic nitrogens is 1. The van der Waals surface area contributed by atoms with Crippen molar-refractivity contribution in [2.45, 2.75) is 19.5 Å². The Hall–Kier alpha value is -2.27. The van der Waals surface area contributed by atoms with Gasteiger partial charge in [-0.05, 0) is 48.4 Å². The summed E-state index contributed by atoms with van der Waals surface area (Å²) in [6.45, 7) is 6.61. The van der Waals surface area contributed by atoms with Gasteiger partial charge in [0, 0.05) is 59.1 Å². The summed E-state index contributed by atoms with van der Waals surface area (Å²) in [6.07, 6.45) is 2.91. The van der Waals surface area contributed by atoms with Crippen LogP contribution >= 0.6 is 24.0 Å². The Kier molecular flexibility index (Phi) is 9.02. The SMILES string of the molecule is CN=C(NCc1ccc(N2CCN(C)CC2)nc1)N1CCc2cc(OC)c(OC)cc2C1.I. The van der Waals surface area contributed by atoms with Crippen LogP contribution in [0.3, 0.4) is 0 Å². The largest absolute Gasteiger partial charge is 0.493 e. The smallest absolute Gasteiger partial charge is 0.194 e. The third-order valence-electron chi connectivity index (χ3n) is 6.32. The minimum absolute atomic E-state index is 0. The van der Waals surface area contributed by atoms with Crippen LogP contribution in [0.4, 0.5) is 5.82 Å². The van der Waals surface area contributed by atoms with Crippen molar-refractivity contribution in [3.8, 4) is 11.5 Å². The first-order valence-corrected chi connectivity index (χ1v) is 11.2. The monoisotopic (exact) mass is 566 g/mol. The second kappa shape index (κ2) is 11.7. The molecule has 3 heterocycles. The second-order valence-electron chi connectivity index (χ2n) is 8.36. The number of nitrogens with one attached hydrogen (secondary N) is 1. The molecule has 0 spiro atoms. The zero-order chi connectivity index (χ0) is 22.5. The molecule has 9 heteroatoms. The average Bonchev–Trinajstić information content (AvgIpc) is 2.84. The molecule has 0 bridgehead atoms. The molecular formula is C24H35IN6O2. The average molecular weight is 566 g/mol. The lowest BCUT2D eigenvalue weighted by atomic mass is 9.99. The lowest BCUT2D eigenvalue weighted by molar-refractivity contribution is 0.312. The molecule has 33 heavy (non-hydrogen) atoms. The van der Waals surface area contributed by atoms with Gasteiger partial charge < -0.3 is 29.5 Å². The van der Waals surface area contributed by atoms with Crippen molar-refractivity contribution in [1.29, 1.82) is 0 Å². The summed E-state index contributed by atoms with van der Waals surface area (Å²) in [4.78, 5) is 16.2. The van der Waals surface area contributed by atoms with Gasteiger partial charge in [-0.1, -0.05) is 6.07 Å². The number of hydrogen-bond acceptors (Lipinski definition) is 6. The summed E-state index contributed by atoms with van der Waals surface area (Å²) < 4.78 is 10.9. The molecule has 1 N–H and O–H groups in total. The molecule has 1 fully saturated rings. The van der Waals surface area contributed by atoms with E-state index in [1.807, 2.05) is 13.2 Å². The van der Waals surface area contributed by atoms with Gasteiger partial charge in [-0.2, -0.15) is 0 Å². The summed E-state index contributed by atoms with van der Waals surface area (Å²) in [6, 6.07) is 8.45. The van der Waals surface area contributed by atoms with E-state index in [0.717, 1.165) is 74.5 Å². The summed E-state index contributed by atoms with van der Waals surface area (Å²) in [5.41, 5.74) is 3.70. The molecule has 8 nitrogen and oxygen atoms in total. The number of ether oxygens (including phenoxy) is 2. The summed E-state index contributed by atoms with van der Waals surface area (Å²) in [7, 11) is 7.36. The van der Waals surface area contributed by atoms with E-state index >= 15 is 0 Å². The molecule has 1 saturated heterocycles. The summed E-state index contributed by atoms with van der Waals surface area (Å²) in [5.74, 6) is 3.51. The second-order valence-corrected chi connectivity index (χ2v) is 8.36. The van der Waals surface area contributed by atoms with E-state index in [0.29, 0.717) is 6.54 Å². The van der Waals surface area contributed by atoms with Gasteiger partial charge in [0.25, 0.3) is 0 Å². The Bertz CT molecular complexity index is 945. The Morgan fingerprint density at radius 3 is 2.33 bits per heavy atom. The molecule has 4 rings (SSSR count). The van der Waals surface area contributed by atoms with Crippen LogP contribution < -0.4 is 19.7 Å². The van der Waals surface area contributed by atoms with Crippen molar-refractivity contribution < 1.29 is 9.47 Å². The van der Waals surface area contributed by atoms with Gasteiger partial charge in [0.1, 0.15) is 5.82 Å². The Balaban J connectivity index is 0.00000306. The Labute approximate surface area is 214 Å². The van der Waals surface area contributed by atoms with Crippen LogP contribution in [0.15, 0.2) is 35.5 Å². The number of nitrogens with zero attached hydrogens (tertiary/aromatic N) is 5. The van der Waals surface area contributed by atoms with Gasteiger partial charge in [-0.15, -0.1) is 24.0 Å². The summed E-state index contributed by atoms with van der Waals surface area (Å²) in [5, 5.41) is 3.50. The third-order valence-corrected chi connectivity index (χ3v) is 6.32. The van der Waals surface area contributed by atoms with Crippen molar-refractivity contribution in [2.24, 2.45) is 4.99 Å². The lowest BCUT2D eigenvalue weighted by Crippen LogP contribution is -2.44. The van der Waals surface area contributed by atoms with Gasteiger partial charge in [0.2, 0.25) is 0 Å². The van der Waals surface area contributed by atoms with E-state index in [9.17, 15) is 0 Å². The summed E-state index contributed by atoms with van der Waals surface area (Å²) >= 11 is 0. The number of methoxy groups -OCH3 is 2. The molecule has 1 aromatic carbocycles. The fourth-order valence-corrected chi connectivity index (χ4v) is 4.32. The predicted molar refractivity (Wildman–Crippen MR) is 143 cm³/mol. The van der Waals surface area contributed by atoms with E-state index in [2.05, 4.69) is 56.3 Å². The van der Waals surface area contributed by atoms with Crippen molar-refractivity contribution in [3.05, 3.63) is 47.2 Å². The fourth-order valence-electron chi connectivity index (χ4n) is 4.32. The number of benzene rings is 1. The first-order valence-electron chi connectivity index (χ1n) is 11.2. The molecule has 1 aromatic heterocycles. The first kappa shape index (κ1) is 25.4. The first-order chi connectivity index (χ1) is 15.6. The molecule has 0 saturated carbocycles. The zero-order valence-electron chi connectivity index (χ0n) is 20.0. The number of guanidine groups is 1. The normalized spacial score (nSPS) is 16.7. The number of piperazine rings is 1. The van der Waals surface area contributed by atoms with Crippen LogP contribution in [0.2, 0.25) is 0 Å². The number of likely N-dealkylation sites (N-methyl/N-ethyl adjacent to an activating group) is 1. The number of halogens is 1. The van der Waals surface area contributed by atoms with E-state index in [1.54, 1.807) is 14.2 Å². The number of fused-ring (bicyclic) bond motifs is 1. The van der Waals surface area contributed by atoms with E-state index in [-0.39, 0.29) is 24.0 Å². The maximum absolute atomic E-state index is 5.49. The third kappa shape index (κ3) is 6.00. The number of hydrogen-bond donors (Lipinski definition) is 1. The number of anilines is 1. The number of aliphatic imine (C=N–C) groups is 1. The minimum Gasteiger partial charge on any atom is -0.493 e. The molecule has 0 atom stereocenters. The van der Waals surface area contributed by atoms with E-state index in [1.165, 1.54) is 11.1 Å². The number of rotatable bonds is 5. The minimum atomic E-state index is 0. The van der Waals surface area contributed by atoms with Gasteiger partial charge in [-0.25, -0.2) is 4.98 Å². The molecule has 0 amide bonds. The fraction of sp³-hybridized carbons (Fsp3) is 0.500. The maximum atomic E-state index is 5.49. The van der Waals surface area contributed by atoms with Crippen LogP contribution in [-0.4, -0.2) is 81.8 Å². The highest BCUT2D eigenvalue weighted by atomic mass is 127. The van der Waals surface area contributed by atoms with E-state index in [4.69, 9.17) is 14.5 Å². The van der Waals surface area contributed by atoms with Crippen LogP contribution in [0.25, 0.3) is 0 Å². The molecule has 0 unspecified atom stereocenters. The maximum Gasteiger partial charge on any atom is 0.194 e. The van der Waals surface area contributed by atoms with Crippen molar-refractivity contribution in [1.82, 2.24) is 20.1 Å². The zero-order valence-corrected chi connectivity index (χ0v) is 22.3. The standard InChI is InChI=1S/C24H34N6O2.HI/c1-25-24(30-8-7-19-13-21(31-3)22(32-4)14-20(19)17-30)27-16-18-5-6-23(26-15-18)29-11-9-28(2)10-12-29;/h5-6,13-15H,7-12,16-17H2,1-4H3,(H,25,27);1H.